The Morgan fingerprint density at radius 2 is 1.85 bits per heavy atom. The first-order chi connectivity index (χ1) is 9.61. The highest BCUT2D eigenvalue weighted by Crippen LogP contribution is 2.25. The summed E-state index contributed by atoms with van der Waals surface area (Å²) in [5.74, 6) is -0.215. The lowest BCUT2D eigenvalue weighted by Crippen LogP contribution is -2.20. The van der Waals surface area contributed by atoms with Crippen LogP contribution >= 0.6 is 11.6 Å². The lowest BCUT2D eigenvalue weighted by Gasteiger charge is -2.23. The van der Waals surface area contributed by atoms with Gasteiger partial charge in [-0.15, -0.1) is 0 Å². The third kappa shape index (κ3) is 3.50. The molecule has 0 aliphatic carbocycles. The second-order valence-corrected chi connectivity index (χ2v) is 5.21. The van der Waals surface area contributed by atoms with Crippen LogP contribution in [0.25, 0.3) is 0 Å². The maximum absolute atomic E-state index is 14.1. The van der Waals surface area contributed by atoms with Crippen LogP contribution < -0.4 is 10.6 Å². The minimum atomic E-state index is -0.215. The molecule has 0 atom stereocenters. The molecule has 0 aromatic heterocycles. The molecule has 0 spiro atoms. The number of para-hydroxylation sites is 1. The van der Waals surface area contributed by atoms with Gasteiger partial charge in [-0.25, -0.2) is 4.39 Å². The number of nitrogens with zero attached hydrogens (tertiary/aromatic N) is 1. The molecule has 0 aliphatic rings. The van der Waals surface area contributed by atoms with Crippen LogP contribution in [0.15, 0.2) is 42.5 Å². The summed E-state index contributed by atoms with van der Waals surface area (Å²) in [6, 6.07) is 12.7. The van der Waals surface area contributed by atoms with Crippen LogP contribution in [-0.2, 0) is 13.0 Å². The Hall–Kier alpha value is -1.58. The molecule has 0 bridgehead atoms. The number of hydrogen-bond acceptors (Lipinski definition) is 2. The molecule has 2 aromatic carbocycles. The molecule has 0 heterocycles. The van der Waals surface area contributed by atoms with Crippen molar-refractivity contribution in [1.29, 1.82) is 0 Å². The average molecular weight is 293 g/mol. The molecule has 0 aliphatic heterocycles. The van der Waals surface area contributed by atoms with E-state index in [1.54, 1.807) is 6.07 Å². The van der Waals surface area contributed by atoms with E-state index in [-0.39, 0.29) is 5.82 Å². The number of benzene rings is 2. The topological polar surface area (TPSA) is 29.3 Å². The van der Waals surface area contributed by atoms with E-state index in [4.69, 9.17) is 17.3 Å². The highest BCUT2D eigenvalue weighted by atomic mass is 35.5. The second kappa shape index (κ2) is 6.73. The Balaban J connectivity index is 2.24. The Bertz CT molecular complexity index is 569. The zero-order valence-corrected chi connectivity index (χ0v) is 12.2. The Morgan fingerprint density at radius 1 is 1.15 bits per heavy atom. The highest BCUT2D eigenvalue weighted by Gasteiger charge is 2.12. The van der Waals surface area contributed by atoms with E-state index in [1.807, 2.05) is 42.3 Å². The molecular formula is C16H18ClFN2. The first-order valence-electron chi connectivity index (χ1n) is 6.55. The molecule has 2 aromatic rings. The summed E-state index contributed by atoms with van der Waals surface area (Å²) >= 11 is 5.87. The molecule has 0 fully saturated rings. The van der Waals surface area contributed by atoms with Gasteiger partial charge < -0.3 is 10.6 Å². The van der Waals surface area contributed by atoms with Gasteiger partial charge in [-0.1, -0.05) is 35.9 Å². The van der Waals surface area contributed by atoms with Crippen LogP contribution in [0.1, 0.15) is 11.1 Å². The van der Waals surface area contributed by atoms with Crippen LogP contribution in [0, 0.1) is 5.82 Å². The van der Waals surface area contributed by atoms with E-state index in [0.29, 0.717) is 30.2 Å². The molecule has 2 nitrogen and oxygen atoms in total. The molecular weight excluding hydrogens is 275 g/mol. The normalized spacial score (nSPS) is 10.6. The summed E-state index contributed by atoms with van der Waals surface area (Å²) < 4.78 is 14.1. The summed E-state index contributed by atoms with van der Waals surface area (Å²) in [5, 5.41) is 0.700. The minimum Gasteiger partial charge on any atom is -0.368 e. The van der Waals surface area contributed by atoms with E-state index < -0.39 is 0 Å². The fourth-order valence-corrected chi connectivity index (χ4v) is 2.41. The number of rotatable bonds is 5. The van der Waals surface area contributed by atoms with E-state index in [2.05, 4.69) is 0 Å². The quantitative estimate of drug-likeness (QED) is 0.912. The van der Waals surface area contributed by atoms with Gasteiger partial charge in [0.25, 0.3) is 0 Å². The lowest BCUT2D eigenvalue weighted by molar-refractivity contribution is 0.619. The molecule has 20 heavy (non-hydrogen) atoms. The van der Waals surface area contributed by atoms with Crippen molar-refractivity contribution < 1.29 is 4.39 Å². The zero-order valence-electron chi connectivity index (χ0n) is 11.4. The Kier molecular flexibility index (Phi) is 4.99. The first kappa shape index (κ1) is 14.8. The van der Waals surface area contributed by atoms with Crippen LogP contribution in [0.3, 0.4) is 0 Å². The van der Waals surface area contributed by atoms with Crippen LogP contribution in [-0.4, -0.2) is 13.6 Å². The van der Waals surface area contributed by atoms with E-state index >= 15 is 0 Å². The van der Waals surface area contributed by atoms with Crippen molar-refractivity contribution in [2.75, 3.05) is 18.5 Å². The molecule has 106 valence electrons. The lowest BCUT2D eigenvalue weighted by atomic mass is 10.1. The molecule has 2 rings (SSSR count). The maximum Gasteiger partial charge on any atom is 0.146 e. The van der Waals surface area contributed by atoms with Gasteiger partial charge in [0.05, 0.1) is 5.69 Å². The third-order valence-electron chi connectivity index (χ3n) is 3.20. The predicted octanol–water partition coefficient (Wildman–Crippen LogP) is 3.62. The molecule has 4 heteroatoms. The Labute approximate surface area is 124 Å². The van der Waals surface area contributed by atoms with Crippen molar-refractivity contribution >= 4 is 17.3 Å². The second-order valence-electron chi connectivity index (χ2n) is 4.77. The van der Waals surface area contributed by atoms with Gasteiger partial charge in [-0.2, -0.15) is 0 Å². The van der Waals surface area contributed by atoms with Gasteiger partial charge in [0.15, 0.2) is 0 Å². The van der Waals surface area contributed by atoms with Crippen molar-refractivity contribution in [3.63, 3.8) is 0 Å². The smallest absolute Gasteiger partial charge is 0.146 e. The molecule has 2 N–H and O–H groups in total. The highest BCUT2D eigenvalue weighted by molar-refractivity contribution is 6.30. The third-order valence-corrected chi connectivity index (χ3v) is 3.45. The van der Waals surface area contributed by atoms with Gasteiger partial charge in [-0.3, -0.25) is 0 Å². The van der Waals surface area contributed by atoms with Crippen molar-refractivity contribution in [3.8, 4) is 0 Å². The fraction of sp³-hybridized carbons (Fsp3) is 0.250. The van der Waals surface area contributed by atoms with Gasteiger partial charge in [-0.05, 0) is 42.3 Å². The molecule has 0 saturated heterocycles. The zero-order chi connectivity index (χ0) is 14.5. The standard InChI is InChI=1S/C16H18ClFN2/c1-20(11-12-5-7-14(17)8-6-12)16-13(9-10-19)3-2-4-15(16)18/h2-8H,9-11,19H2,1H3. The predicted molar refractivity (Wildman–Crippen MR) is 82.7 cm³/mol. The van der Waals surface area contributed by atoms with Crippen molar-refractivity contribution in [2.45, 2.75) is 13.0 Å². The summed E-state index contributed by atoms with van der Waals surface area (Å²) in [4.78, 5) is 1.91. The average Bonchev–Trinajstić information content (AvgIpc) is 2.42. The van der Waals surface area contributed by atoms with Crippen LogP contribution in [0.4, 0.5) is 10.1 Å². The number of anilines is 1. The van der Waals surface area contributed by atoms with Crippen molar-refractivity contribution in [2.24, 2.45) is 5.73 Å². The summed E-state index contributed by atoms with van der Waals surface area (Å²) in [7, 11) is 1.88. The van der Waals surface area contributed by atoms with Crippen molar-refractivity contribution in [3.05, 3.63) is 64.4 Å². The maximum atomic E-state index is 14.1. The largest absolute Gasteiger partial charge is 0.368 e. The first-order valence-corrected chi connectivity index (χ1v) is 6.92. The summed E-state index contributed by atoms with van der Waals surface area (Å²) in [5.41, 5.74) is 8.23. The summed E-state index contributed by atoms with van der Waals surface area (Å²) in [6.07, 6.45) is 0.665. The van der Waals surface area contributed by atoms with E-state index in [9.17, 15) is 4.39 Å². The van der Waals surface area contributed by atoms with Crippen LogP contribution in [0.2, 0.25) is 5.02 Å². The number of nitrogens with two attached hydrogens (primary N) is 1. The number of hydrogen-bond donors (Lipinski definition) is 1. The van der Waals surface area contributed by atoms with Gasteiger partial charge in [0, 0.05) is 18.6 Å². The minimum absolute atomic E-state index is 0.215. The monoisotopic (exact) mass is 292 g/mol. The number of halogens is 2. The Morgan fingerprint density at radius 3 is 2.50 bits per heavy atom. The van der Waals surface area contributed by atoms with Gasteiger partial charge >= 0.3 is 0 Å². The molecule has 0 amide bonds. The molecule has 0 saturated carbocycles. The van der Waals surface area contributed by atoms with Gasteiger partial charge in [0.1, 0.15) is 5.82 Å². The molecule has 0 unspecified atom stereocenters. The summed E-state index contributed by atoms with van der Waals surface area (Å²) in [6.45, 7) is 1.13. The molecule has 0 radical (unpaired) electrons. The SMILES string of the molecule is CN(Cc1ccc(Cl)cc1)c1c(F)cccc1CCN. The van der Waals surface area contributed by atoms with Gasteiger partial charge in [0.2, 0.25) is 0 Å². The van der Waals surface area contributed by atoms with E-state index in [0.717, 1.165) is 11.1 Å². The van der Waals surface area contributed by atoms with Crippen LogP contribution in [0.5, 0.6) is 0 Å². The van der Waals surface area contributed by atoms with E-state index in [1.165, 1.54) is 6.07 Å². The fourth-order valence-electron chi connectivity index (χ4n) is 2.29. The van der Waals surface area contributed by atoms with Crippen molar-refractivity contribution in [1.82, 2.24) is 0 Å².